The first-order chi connectivity index (χ1) is 19.2. The molecule has 2 amide bonds. The van der Waals surface area contributed by atoms with E-state index >= 15 is 0 Å². The van der Waals surface area contributed by atoms with Crippen LogP contribution in [0.25, 0.3) is 6.08 Å². The molecule has 0 saturated carbocycles. The Labute approximate surface area is 237 Å². The Morgan fingerprint density at radius 1 is 1.05 bits per heavy atom. The van der Waals surface area contributed by atoms with Crippen LogP contribution in [0, 0.1) is 17.8 Å². The number of allylic oxidation sites excluding steroid dienone is 2. The van der Waals surface area contributed by atoms with Crippen molar-refractivity contribution < 1.29 is 34.3 Å². The number of imide groups is 1. The Bertz CT molecular complexity index is 1140. The number of fused-ring (bicyclic) bond motifs is 3. The number of rotatable bonds is 13. The largest absolute Gasteiger partial charge is 0.508 e. The maximum absolute atomic E-state index is 13.6. The highest BCUT2D eigenvalue weighted by atomic mass is 16.5. The molecule has 0 unspecified atom stereocenters. The van der Waals surface area contributed by atoms with E-state index in [9.17, 15) is 24.5 Å². The van der Waals surface area contributed by atoms with E-state index in [1.807, 2.05) is 12.1 Å². The summed E-state index contributed by atoms with van der Waals surface area (Å²) in [4.78, 5) is 39.2. The molecule has 4 rings (SSSR count). The monoisotopic (exact) mass is 551 g/mol. The first-order valence-electron chi connectivity index (χ1n) is 14.8. The summed E-state index contributed by atoms with van der Waals surface area (Å²) in [6, 6.07) is 7.14. The van der Waals surface area contributed by atoms with Crippen LogP contribution in [-0.2, 0) is 19.0 Å². The van der Waals surface area contributed by atoms with Gasteiger partial charge in [-0.25, -0.2) is 0 Å². The fraction of sp³-hybridized carbons (Fsp3) is 0.581. The van der Waals surface area contributed by atoms with E-state index < -0.39 is 24.9 Å². The number of hydrogen-bond donors (Lipinski definition) is 3. The van der Waals surface area contributed by atoms with Crippen molar-refractivity contribution in [2.75, 3.05) is 6.54 Å². The van der Waals surface area contributed by atoms with E-state index in [0.29, 0.717) is 45.0 Å². The van der Waals surface area contributed by atoms with Crippen LogP contribution in [0.15, 0.2) is 41.0 Å². The first-order valence-corrected chi connectivity index (χ1v) is 14.8. The van der Waals surface area contributed by atoms with Gasteiger partial charge in [0.25, 0.3) is 0 Å². The average molecular weight is 551 g/mol. The first kappa shape index (κ1) is 30.1. The van der Waals surface area contributed by atoms with E-state index in [4.69, 9.17) is 9.76 Å². The van der Waals surface area contributed by atoms with E-state index in [1.54, 1.807) is 12.1 Å². The topological polar surface area (TPSA) is 124 Å². The molecule has 2 fully saturated rings. The molecule has 0 bridgehead atoms. The summed E-state index contributed by atoms with van der Waals surface area (Å²) in [5.74, 6) is -1.97. The number of amides is 2. The van der Waals surface area contributed by atoms with Crippen molar-refractivity contribution in [1.82, 2.24) is 4.90 Å². The Morgan fingerprint density at radius 2 is 1.80 bits per heavy atom. The van der Waals surface area contributed by atoms with Gasteiger partial charge in [-0.2, -0.15) is 0 Å². The molecule has 1 aromatic carbocycles. The number of phenols is 1. The smallest absolute Gasteiger partial charge is 0.455 e. The molecule has 3 N–H and O–H groups in total. The highest BCUT2D eigenvalue weighted by Crippen LogP contribution is 2.51. The zero-order valence-corrected chi connectivity index (χ0v) is 23.7. The van der Waals surface area contributed by atoms with Crippen LogP contribution in [0.4, 0.5) is 0 Å². The number of carboxylic acid groups (broad SMARTS) is 1. The average Bonchev–Trinajstić information content (AvgIpc) is 3.16. The van der Waals surface area contributed by atoms with Crippen molar-refractivity contribution in [2.24, 2.45) is 17.8 Å². The summed E-state index contributed by atoms with van der Waals surface area (Å²) in [6.07, 6.45) is 8.73. The molecule has 3 aliphatic rings. The van der Waals surface area contributed by atoms with Gasteiger partial charge in [0.05, 0.1) is 17.9 Å². The summed E-state index contributed by atoms with van der Waals surface area (Å²) < 4.78 is 6.11. The van der Waals surface area contributed by atoms with Gasteiger partial charge in [0, 0.05) is 13.0 Å². The Morgan fingerprint density at radius 3 is 2.48 bits per heavy atom. The van der Waals surface area contributed by atoms with E-state index in [0.717, 1.165) is 36.8 Å². The van der Waals surface area contributed by atoms with Crippen LogP contribution in [0.5, 0.6) is 5.75 Å². The number of likely N-dealkylation sites (tertiary alicyclic amines) is 1. The molecular formula is C31H42BNO7. The fourth-order valence-electron chi connectivity index (χ4n) is 6.82. The van der Waals surface area contributed by atoms with Gasteiger partial charge in [0.15, 0.2) is 0 Å². The maximum atomic E-state index is 13.6. The molecule has 4 atom stereocenters. The standard InChI is InChI=1S/C31H42BNO7/c1-3-8-20(17-21-10-13-23(34)14-11-21)12-15-26-28-22(4-2)18-24-29(25(28)19-32(39)40-26)31(38)33(30(24)37)16-7-5-6-9-27(35)36/h10-11,13-14,17,24-26,29,34,39H,3-9,12,15-16,18-19H2,1-2H3,(H,35,36)/b20-17+/t24-,25+,26-,29-/m1/s1. The van der Waals surface area contributed by atoms with Gasteiger partial charge < -0.3 is 19.9 Å². The molecule has 216 valence electrons. The second-order valence-electron chi connectivity index (χ2n) is 11.4. The molecule has 0 spiro atoms. The zero-order chi connectivity index (χ0) is 28.8. The quantitative estimate of drug-likeness (QED) is 0.133. The van der Waals surface area contributed by atoms with E-state index in [1.165, 1.54) is 16.0 Å². The van der Waals surface area contributed by atoms with Crippen LogP contribution < -0.4 is 0 Å². The second-order valence-corrected chi connectivity index (χ2v) is 11.4. The lowest BCUT2D eigenvalue weighted by Crippen LogP contribution is -2.46. The summed E-state index contributed by atoms with van der Waals surface area (Å²) in [5.41, 5.74) is 4.57. The number of carbonyl (C=O) groups is 3. The molecular weight excluding hydrogens is 509 g/mol. The maximum Gasteiger partial charge on any atom is 0.455 e. The summed E-state index contributed by atoms with van der Waals surface area (Å²) in [6.45, 7) is 4.54. The molecule has 2 aliphatic heterocycles. The summed E-state index contributed by atoms with van der Waals surface area (Å²) >= 11 is 0. The number of aromatic hydroxyl groups is 1. The number of aliphatic carboxylic acids is 1. The molecule has 2 heterocycles. The number of phenolic OH excluding ortho intramolecular Hbond substituents is 1. The van der Waals surface area contributed by atoms with Crippen LogP contribution in [0.3, 0.4) is 0 Å². The molecule has 0 radical (unpaired) electrons. The number of hydrogen-bond acceptors (Lipinski definition) is 6. The highest BCUT2D eigenvalue weighted by molar-refractivity contribution is 6.43. The van der Waals surface area contributed by atoms with Crippen LogP contribution in [0.1, 0.15) is 83.6 Å². The van der Waals surface area contributed by atoms with Crippen LogP contribution in [-0.4, -0.2) is 57.7 Å². The third-order valence-electron chi connectivity index (χ3n) is 8.66. The van der Waals surface area contributed by atoms with Crippen molar-refractivity contribution >= 4 is 31.0 Å². The number of unbranched alkanes of at least 4 members (excludes halogenated alkanes) is 2. The Hall–Kier alpha value is -2.91. The van der Waals surface area contributed by atoms with E-state index in [2.05, 4.69) is 19.9 Å². The van der Waals surface area contributed by atoms with Gasteiger partial charge in [0.1, 0.15) is 5.75 Å². The number of benzene rings is 1. The minimum Gasteiger partial charge on any atom is -0.508 e. The van der Waals surface area contributed by atoms with Gasteiger partial charge in [0.2, 0.25) is 11.8 Å². The minimum absolute atomic E-state index is 0.0890. The lowest BCUT2D eigenvalue weighted by Gasteiger charge is -2.43. The second kappa shape index (κ2) is 13.6. The Balaban J connectivity index is 1.50. The minimum atomic E-state index is -0.987. The summed E-state index contributed by atoms with van der Waals surface area (Å²) in [5, 5.41) is 29.2. The van der Waals surface area contributed by atoms with E-state index in [-0.39, 0.29) is 36.0 Å². The van der Waals surface area contributed by atoms with Crippen LogP contribution in [0.2, 0.25) is 6.32 Å². The summed E-state index contributed by atoms with van der Waals surface area (Å²) in [7, 11) is -0.987. The van der Waals surface area contributed by atoms with Gasteiger partial charge >= 0.3 is 13.1 Å². The van der Waals surface area contributed by atoms with Crippen molar-refractivity contribution in [3.63, 3.8) is 0 Å². The molecule has 2 saturated heterocycles. The van der Waals surface area contributed by atoms with Gasteiger partial charge in [-0.1, -0.05) is 56.0 Å². The van der Waals surface area contributed by atoms with Gasteiger partial charge in [-0.05, 0) is 80.5 Å². The lowest BCUT2D eigenvalue weighted by molar-refractivity contribution is -0.141. The van der Waals surface area contributed by atoms with Crippen molar-refractivity contribution in [2.45, 2.75) is 90.5 Å². The fourth-order valence-corrected chi connectivity index (χ4v) is 6.82. The molecule has 0 aromatic heterocycles. The van der Waals surface area contributed by atoms with Crippen LogP contribution >= 0.6 is 0 Å². The number of nitrogens with zero attached hydrogens (tertiary/aromatic N) is 1. The lowest BCUT2D eigenvalue weighted by atomic mass is 9.58. The van der Waals surface area contributed by atoms with Gasteiger partial charge in [-0.3, -0.25) is 19.3 Å². The third kappa shape index (κ3) is 6.86. The van der Waals surface area contributed by atoms with Crippen molar-refractivity contribution in [3.05, 3.63) is 46.5 Å². The zero-order valence-electron chi connectivity index (χ0n) is 23.7. The van der Waals surface area contributed by atoms with Crippen molar-refractivity contribution in [3.8, 4) is 5.75 Å². The Kier molecular flexibility index (Phi) is 10.2. The van der Waals surface area contributed by atoms with Crippen molar-refractivity contribution in [1.29, 1.82) is 0 Å². The SMILES string of the molecule is CCC/C(=C\c1ccc(O)cc1)CC[C@H]1OB(O)C[C@H]2C1=C(CC)C[C@H]1C(=O)N(CCCCCC(=O)O)C(=O)[C@H]12. The molecule has 1 aromatic rings. The third-order valence-corrected chi connectivity index (χ3v) is 8.66. The predicted molar refractivity (Wildman–Crippen MR) is 153 cm³/mol. The number of carbonyl (C=O) groups excluding carboxylic acids is 2. The predicted octanol–water partition coefficient (Wildman–Crippen LogP) is 5.21. The highest BCUT2D eigenvalue weighted by Gasteiger charge is 2.56. The molecule has 1 aliphatic carbocycles. The molecule has 8 nitrogen and oxygen atoms in total. The van der Waals surface area contributed by atoms with Gasteiger partial charge in [-0.15, -0.1) is 0 Å². The normalized spacial score (nSPS) is 24.9. The molecule has 9 heteroatoms. The number of carboxylic acids is 1. The molecule has 40 heavy (non-hydrogen) atoms.